The highest BCUT2D eigenvalue weighted by Gasteiger charge is 2.47. The van der Waals surface area contributed by atoms with Crippen LogP contribution in [0.25, 0.3) is 10.4 Å². The average Bonchev–Trinajstić information content (AvgIpc) is 2.62. The summed E-state index contributed by atoms with van der Waals surface area (Å²) in [6.07, 6.45) is -2.04. The molecule has 0 aromatic heterocycles. The Labute approximate surface area is 168 Å². The van der Waals surface area contributed by atoms with Gasteiger partial charge in [-0.3, -0.25) is 0 Å². The SMILES string of the molecule is C[C@@H]1C(N=[N+]=[N-])[C@H](O[Si](C)(C)C(C)(C)C)OC(COCc2ccccc2)[C@@H]1O. The molecule has 0 aliphatic carbocycles. The van der Waals surface area contributed by atoms with E-state index in [0.717, 1.165) is 5.56 Å². The standard InChI is InChI=1S/C20H33N3O4Si/c1-14-17(22-23-21)19(27-28(5,6)20(2,3)4)26-16(18(14)24)13-25-12-15-10-8-7-9-11-15/h7-11,14,16-19,24H,12-13H2,1-6H3/t14-,16?,17?,18-,19+/m1/s1. The molecule has 5 atom stereocenters. The second kappa shape index (κ2) is 9.39. The van der Waals surface area contributed by atoms with Crippen molar-refractivity contribution < 1.29 is 19.0 Å². The van der Waals surface area contributed by atoms with Gasteiger partial charge in [-0.15, -0.1) is 0 Å². The lowest BCUT2D eigenvalue weighted by atomic mass is 9.89. The highest BCUT2D eigenvalue weighted by molar-refractivity contribution is 6.74. The lowest BCUT2D eigenvalue weighted by Crippen LogP contribution is -2.58. The van der Waals surface area contributed by atoms with Crippen LogP contribution in [0.4, 0.5) is 0 Å². The molecule has 1 aliphatic heterocycles. The first-order valence-electron chi connectivity index (χ1n) is 9.74. The van der Waals surface area contributed by atoms with Crippen molar-refractivity contribution in [3.8, 4) is 0 Å². The maximum Gasteiger partial charge on any atom is 0.195 e. The molecule has 7 nitrogen and oxygen atoms in total. The van der Waals surface area contributed by atoms with Crippen LogP contribution in [0.3, 0.4) is 0 Å². The zero-order valence-corrected chi connectivity index (χ0v) is 18.7. The van der Waals surface area contributed by atoms with E-state index >= 15 is 0 Å². The van der Waals surface area contributed by atoms with E-state index in [4.69, 9.17) is 19.4 Å². The Bertz CT molecular complexity index is 674. The van der Waals surface area contributed by atoms with Crippen molar-refractivity contribution >= 4 is 8.32 Å². The lowest BCUT2D eigenvalue weighted by molar-refractivity contribution is -0.231. The van der Waals surface area contributed by atoms with Crippen LogP contribution in [-0.2, 0) is 20.5 Å². The van der Waals surface area contributed by atoms with Crippen LogP contribution >= 0.6 is 0 Å². The van der Waals surface area contributed by atoms with Gasteiger partial charge in [-0.1, -0.05) is 63.1 Å². The highest BCUT2D eigenvalue weighted by Crippen LogP contribution is 2.40. The van der Waals surface area contributed by atoms with Gasteiger partial charge in [-0.05, 0) is 35.1 Å². The molecule has 0 spiro atoms. The summed E-state index contributed by atoms with van der Waals surface area (Å²) in [6.45, 7) is 13.2. The van der Waals surface area contributed by atoms with Gasteiger partial charge in [0, 0.05) is 4.91 Å². The maximum atomic E-state index is 10.7. The fraction of sp³-hybridized carbons (Fsp3) is 0.700. The van der Waals surface area contributed by atoms with E-state index in [1.807, 2.05) is 37.3 Å². The zero-order chi connectivity index (χ0) is 20.9. The maximum absolute atomic E-state index is 10.7. The predicted octanol–water partition coefficient (Wildman–Crippen LogP) is 4.63. The van der Waals surface area contributed by atoms with E-state index in [1.165, 1.54) is 0 Å². The van der Waals surface area contributed by atoms with Gasteiger partial charge >= 0.3 is 0 Å². The second-order valence-corrected chi connectivity index (χ2v) is 13.7. The summed E-state index contributed by atoms with van der Waals surface area (Å²) in [6, 6.07) is 9.27. The number of benzene rings is 1. The second-order valence-electron chi connectivity index (χ2n) is 8.97. The first-order chi connectivity index (χ1) is 13.1. The van der Waals surface area contributed by atoms with Crippen molar-refractivity contribution in [3.05, 3.63) is 46.3 Å². The highest BCUT2D eigenvalue weighted by atomic mass is 28.4. The summed E-state index contributed by atoms with van der Waals surface area (Å²) < 4.78 is 18.3. The summed E-state index contributed by atoms with van der Waals surface area (Å²) in [7, 11) is -2.16. The van der Waals surface area contributed by atoms with Crippen molar-refractivity contribution in [1.29, 1.82) is 0 Å². The number of nitrogens with zero attached hydrogens (tertiary/aromatic N) is 3. The quantitative estimate of drug-likeness (QED) is 0.308. The molecular weight excluding hydrogens is 374 g/mol. The Morgan fingerprint density at radius 2 is 1.89 bits per heavy atom. The molecule has 1 N–H and O–H groups in total. The van der Waals surface area contributed by atoms with Crippen LogP contribution < -0.4 is 0 Å². The number of aliphatic hydroxyl groups is 1. The Hall–Kier alpha value is -1.41. The van der Waals surface area contributed by atoms with Gasteiger partial charge in [-0.2, -0.15) is 0 Å². The van der Waals surface area contributed by atoms with E-state index in [2.05, 4.69) is 43.9 Å². The first-order valence-corrected chi connectivity index (χ1v) is 12.6. The van der Waals surface area contributed by atoms with Crippen LogP contribution in [-0.4, -0.2) is 44.6 Å². The normalized spacial score (nSPS) is 28.6. The van der Waals surface area contributed by atoms with Gasteiger partial charge in [0.15, 0.2) is 14.6 Å². The number of azide groups is 1. The van der Waals surface area contributed by atoms with Crippen LogP contribution in [0.1, 0.15) is 33.3 Å². The van der Waals surface area contributed by atoms with Crippen molar-refractivity contribution in [2.45, 2.75) is 77.0 Å². The van der Waals surface area contributed by atoms with Gasteiger partial charge in [0.2, 0.25) is 0 Å². The third kappa shape index (κ3) is 5.56. The van der Waals surface area contributed by atoms with Crippen LogP contribution in [0.5, 0.6) is 0 Å². The molecule has 0 radical (unpaired) electrons. The number of ether oxygens (including phenoxy) is 2. The van der Waals surface area contributed by atoms with Crippen LogP contribution in [0, 0.1) is 5.92 Å². The van der Waals surface area contributed by atoms with E-state index < -0.39 is 32.9 Å². The molecule has 2 unspecified atom stereocenters. The predicted molar refractivity (Wildman–Crippen MR) is 111 cm³/mol. The summed E-state index contributed by atoms with van der Waals surface area (Å²) in [5, 5.41) is 14.5. The molecule has 8 heteroatoms. The Balaban J connectivity index is 2.10. The third-order valence-electron chi connectivity index (χ3n) is 5.84. The minimum atomic E-state index is -2.16. The summed E-state index contributed by atoms with van der Waals surface area (Å²) in [5.41, 5.74) is 10.0. The first kappa shape index (κ1) is 22.9. The van der Waals surface area contributed by atoms with Crippen LogP contribution in [0.2, 0.25) is 18.1 Å². The van der Waals surface area contributed by atoms with Crippen molar-refractivity contribution in [3.63, 3.8) is 0 Å². The molecule has 1 aliphatic rings. The molecule has 156 valence electrons. The van der Waals surface area contributed by atoms with E-state index in [1.54, 1.807) is 0 Å². The van der Waals surface area contributed by atoms with Crippen molar-refractivity contribution in [2.75, 3.05) is 6.61 Å². The monoisotopic (exact) mass is 407 g/mol. The minimum absolute atomic E-state index is 0.0180. The topological polar surface area (TPSA) is 96.7 Å². The number of hydrogen-bond donors (Lipinski definition) is 1. The molecule has 1 saturated heterocycles. The van der Waals surface area contributed by atoms with E-state index in [-0.39, 0.29) is 17.6 Å². The minimum Gasteiger partial charge on any atom is -0.392 e. The van der Waals surface area contributed by atoms with Gasteiger partial charge < -0.3 is 19.0 Å². The summed E-state index contributed by atoms with van der Waals surface area (Å²) >= 11 is 0. The molecule has 0 saturated carbocycles. The zero-order valence-electron chi connectivity index (χ0n) is 17.7. The van der Waals surface area contributed by atoms with Gasteiger partial charge in [0.05, 0.1) is 25.4 Å². The van der Waals surface area contributed by atoms with E-state index in [0.29, 0.717) is 6.61 Å². The Morgan fingerprint density at radius 3 is 2.46 bits per heavy atom. The molecule has 0 amide bonds. The smallest absolute Gasteiger partial charge is 0.195 e. The van der Waals surface area contributed by atoms with Gasteiger partial charge in [0.1, 0.15) is 6.10 Å². The average molecular weight is 408 g/mol. The third-order valence-corrected chi connectivity index (χ3v) is 10.3. The number of hydrogen-bond acceptors (Lipinski definition) is 5. The number of rotatable bonds is 7. The molecule has 1 heterocycles. The number of aliphatic hydroxyl groups excluding tert-OH is 1. The largest absolute Gasteiger partial charge is 0.392 e. The lowest BCUT2D eigenvalue weighted by Gasteiger charge is -2.46. The molecule has 28 heavy (non-hydrogen) atoms. The molecule has 2 rings (SSSR count). The Morgan fingerprint density at radius 1 is 1.25 bits per heavy atom. The summed E-state index contributed by atoms with van der Waals surface area (Å²) in [5.74, 6) is -0.301. The van der Waals surface area contributed by atoms with Gasteiger partial charge in [-0.25, -0.2) is 0 Å². The summed E-state index contributed by atoms with van der Waals surface area (Å²) in [4.78, 5) is 2.95. The van der Waals surface area contributed by atoms with Crippen molar-refractivity contribution in [2.24, 2.45) is 11.0 Å². The fourth-order valence-electron chi connectivity index (χ4n) is 2.91. The molecule has 0 bridgehead atoms. The Kier molecular flexibility index (Phi) is 7.67. The van der Waals surface area contributed by atoms with Crippen molar-refractivity contribution in [1.82, 2.24) is 0 Å². The fourth-order valence-corrected chi connectivity index (χ4v) is 4.04. The van der Waals surface area contributed by atoms with Gasteiger partial charge in [0.25, 0.3) is 0 Å². The van der Waals surface area contributed by atoms with Crippen LogP contribution in [0.15, 0.2) is 35.4 Å². The molecular formula is C20H33N3O4Si. The van der Waals surface area contributed by atoms with E-state index in [9.17, 15) is 5.11 Å². The molecule has 1 aromatic carbocycles. The molecule has 1 fully saturated rings. The molecule has 1 aromatic rings.